The summed E-state index contributed by atoms with van der Waals surface area (Å²) >= 11 is 0. The highest BCUT2D eigenvalue weighted by Crippen LogP contribution is 2.43. The smallest absolute Gasteiger partial charge is 0.00277 e. The van der Waals surface area contributed by atoms with Crippen molar-refractivity contribution >= 4 is 49.2 Å². The van der Waals surface area contributed by atoms with Gasteiger partial charge in [0.25, 0.3) is 0 Å². The summed E-state index contributed by atoms with van der Waals surface area (Å²) in [5.41, 5.74) is 6.44. The Hall–Kier alpha value is -4.88. The lowest BCUT2D eigenvalue weighted by molar-refractivity contribution is 1.11. The fourth-order valence-electron chi connectivity index (χ4n) is 6.20. The molecule has 0 fully saturated rings. The summed E-state index contributed by atoms with van der Waals surface area (Å²) in [5, 5.41) is 13.7. The summed E-state index contributed by atoms with van der Waals surface area (Å²) in [6.45, 7) is 0. The molecule has 0 aliphatic heterocycles. The first-order valence-electron chi connectivity index (χ1n) is 13.6. The van der Waals surface area contributed by atoms with Crippen molar-refractivity contribution in [1.82, 2.24) is 5.32 Å². The van der Waals surface area contributed by atoms with E-state index in [4.69, 9.17) is 0 Å². The number of hydrogen-bond acceptors (Lipinski definition) is 1. The molecule has 0 aliphatic carbocycles. The van der Waals surface area contributed by atoms with Crippen LogP contribution in [0.25, 0.3) is 60.3 Å². The zero-order valence-corrected chi connectivity index (χ0v) is 22.0. The molecule has 0 aromatic heterocycles. The molecule has 0 saturated carbocycles. The summed E-state index contributed by atoms with van der Waals surface area (Å²) in [6.07, 6.45) is 5.15. The number of rotatable bonds is 5. The Morgan fingerprint density at radius 1 is 0.513 bits per heavy atom. The fourth-order valence-corrected chi connectivity index (χ4v) is 6.20. The average molecular weight is 500 g/mol. The molecule has 0 radical (unpaired) electrons. The number of fused-ring (bicyclic) bond motifs is 8. The normalized spacial score (nSPS) is 11.7. The quantitative estimate of drug-likeness (QED) is 0.232. The molecule has 0 spiro atoms. The number of hydrogen-bond donors (Lipinski definition) is 1. The minimum absolute atomic E-state index is 0.841. The van der Waals surface area contributed by atoms with Gasteiger partial charge in [0.05, 0.1) is 0 Å². The van der Waals surface area contributed by atoms with Gasteiger partial charge < -0.3 is 5.32 Å². The molecule has 0 atom stereocenters. The molecule has 7 aromatic rings. The SMILES string of the molecule is CN/C=C\c1c(Cc2cccc(-c3ccccc3)c2)c2c3ccccc3c3ccccc3c2c2ccccc12. The Kier molecular flexibility index (Phi) is 5.83. The molecule has 1 nitrogen and oxygen atoms in total. The van der Waals surface area contributed by atoms with Crippen LogP contribution in [0.1, 0.15) is 16.7 Å². The summed E-state index contributed by atoms with van der Waals surface area (Å²) in [7, 11) is 1.96. The Morgan fingerprint density at radius 2 is 1.05 bits per heavy atom. The standard InChI is InChI=1S/C38H29N/c1-39-23-22-32-31-18-7-9-20-34(31)37-33-19-8-5-16-29(33)30-17-6-10-21-35(30)38(37)36(32)25-26-12-11-15-28(24-26)27-13-3-2-4-14-27/h2-24,39H,25H2,1H3/b23-22-. The molecule has 7 aromatic carbocycles. The molecule has 0 saturated heterocycles. The van der Waals surface area contributed by atoms with Gasteiger partial charge in [0.2, 0.25) is 0 Å². The van der Waals surface area contributed by atoms with E-state index in [0.29, 0.717) is 0 Å². The van der Waals surface area contributed by atoms with E-state index >= 15 is 0 Å². The second-order valence-corrected chi connectivity index (χ2v) is 10.1. The first-order chi connectivity index (χ1) is 19.3. The highest BCUT2D eigenvalue weighted by molar-refractivity contribution is 6.33. The molecule has 186 valence electrons. The minimum atomic E-state index is 0.841. The predicted molar refractivity (Wildman–Crippen MR) is 169 cm³/mol. The Labute approximate surface area is 229 Å². The van der Waals surface area contributed by atoms with Crippen molar-refractivity contribution in [2.24, 2.45) is 0 Å². The van der Waals surface area contributed by atoms with E-state index in [1.807, 2.05) is 7.05 Å². The van der Waals surface area contributed by atoms with Crippen molar-refractivity contribution in [2.45, 2.75) is 6.42 Å². The van der Waals surface area contributed by atoms with Gasteiger partial charge in [-0.2, -0.15) is 0 Å². The largest absolute Gasteiger partial charge is 0.394 e. The van der Waals surface area contributed by atoms with Crippen LogP contribution in [-0.4, -0.2) is 7.05 Å². The van der Waals surface area contributed by atoms with Crippen LogP contribution in [0.2, 0.25) is 0 Å². The molecule has 1 N–H and O–H groups in total. The first kappa shape index (κ1) is 23.3. The summed E-state index contributed by atoms with van der Waals surface area (Å²) < 4.78 is 0. The van der Waals surface area contributed by atoms with Crippen molar-refractivity contribution in [1.29, 1.82) is 0 Å². The van der Waals surface area contributed by atoms with Crippen LogP contribution < -0.4 is 5.32 Å². The van der Waals surface area contributed by atoms with Gasteiger partial charge in [-0.05, 0) is 89.6 Å². The lowest BCUT2D eigenvalue weighted by Crippen LogP contribution is -2.00. The molecule has 0 aliphatic rings. The highest BCUT2D eigenvalue weighted by Gasteiger charge is 2.19. The molecular weight excluding hydrogens is 470 g/mol. The van der Waals surface area contributed by atoms with Gasteiger partial charge >= 0.3 is 0 Å². The van der Waals surface area contributed by atoms with Crippen LogP contribution in [0.15, 0.2) is 134 Å². The molecule has 0 bridgehead atoms. The molecule has 7 rings (SSSR count). The third-order valence-electron chi connectivity index (χ3n) is 7.88. The van der Waals surface area contributed by atoms with E-state index in [2.05, 4.69) is 145 Å². The van der Waals surface area contributed by atoms with Crippen LogP contribution in [0.3, 0.4) is 0 Å². The molecule has 0 unspecified atom stereocenters. The van der Waals surface area contributed by atoms with Crippen molar-refractivity contribution in [3.8, 4) is 11.1 Å². The van der Waals surface area contributed by atoms with Gasteiger partial charge in [0, 0.05) is 7.05 Å². The van der Waals surface area contributed by atoms with Crippen molar-refractivity contribution < 1.29 is 0 Å². The van der Waals surface area contributed by atoms with Crippen molar-refractivity contribution in [3.63, 3.8) is 0 Å². The second-order valence-electron chi connectivity index (χ2n) is 10.1. The van der Waals surface area contributed by atoms with E-state index in [1.165, 1.54) is 70.9 Å². The fraction of sp³-hybridized carbons (Fsp3) is 0.0526. The monoisotopic (exact) mass is 499 g/mol. The third kappa shape index (κ3) is 3.95. The predicted octanol–water partition coefficient (Wildman–Crippen LogP) is 9.75. The lowest BCUT2D eigenvalue weighted by atomic mass is 9.83. The van der Waals surface area contributed by atoms with Crippen LogP contribution in [0, 0.1) is 0 Å². The number of benzene rings is 7. The Morgan fingerprint density at radius 3 is 1.72 bits per heavy atom. The second kappa shape index (κ2) is 9.78. The van der Waals surface area contributed by atoms with Crippen molar-refractivity contribution in [2.75, 3.05) is 7.05 Å². The molecule has 39 heavy (non-hydrogen) atoms. The Bertz CT molecular complexity index is 2020. The lowest BCUT2D eigenvalue weighted by Gasteiger charge is -2.20. The number of nitrogens with one attached hydrogen (secondary N) is 1. The van der Waals surface area contributed by atoms with Crippen LogP contribution >= 0.6 is 0 Å². The van der Waals surface area contributed by atoms with Gasteiger partial charge in [-0.1, -0.05) is 127 Å². The first-order valence-corrected chi connectivity index (χ1v) is 13.6. The summed E-state index contributed by atoms with van der Waals surface area (Å²) in [5.74, 6) is 0. The maximum Gasteiger partial charge on any atom is 0.00277 e. The zero-order valence-electron chi connectivity index (χ0n) is 22.0. The van der Waals surface area contributed by atoms with Crippen LogP contribution in [-0.2, 0) is 6.42 Å². The summed E-state index contributed by atoms with van der Waals surface area (Å²) in [4.78, 5) is 0. The van der Waals surface area contributed by atoms with E-state index in [9.17, 15) is 0 Å². The van der Waals surface area contributed by atoms with E-state index in [-0.39, 0.29) is 0 Å². The highest BCUT2D eigenvalue weighted by atomic mass is 14.8. The maximum absolute atomic E-state index is 3.24. The van der Waals surface area contributed by atoms with Crippen molar-refractivity contribution in [3.05, 3.63) is 150 Å². The minimum Gasteiger partial charge on any atom is -0.394 e. The van der Waals surface area contributed by atoms with Crippen LogP contribution in [0.4, 0.5) is 0 Å². The van der Waals surface area contributed by atoms with Crippen LogP contribution in [0.5, 0.6) is 0 Å². The zero-order chi connectivity index (χ0) is 26.2. The average Bonchev–Trinajstić information content (AvgIpc) is 3.01. The molecule has 0 amide bonds. The topological polar surface area (TPSA) is 12.0 Å². The van der Waals surface area contributed by atoms with Gasteiger partial charge in [0.1, 0.15) is 0 Å². The Balaban J connectivity index is 1.62. The summed E-state index contributed by atoms with van der Waals surface area (Å²) in [6, 6.07) is 46.4. The van der Waals surface area contributed by atoms with Gasteiger partial charge in [-0.15, -0.1) is 0 Å². The van der Waals surface area contributed by atoms with Gasteiger partial charge in [0.15, 0.2) is 0 Å². The molecule has 1 heteroatoms. The van der Waals surface area contributed by atoms with Gasteiger partial charge in [-0.25, -0.2) is 0 Å². The molecular formula is C38H29N. The van der Waals surface area contributed by atoms with Gasteiger partial charge in [-0.3, -0.25) is 0 Å². The maximum atomic E-state index is 3.24. The third-order valence-corrected chi connectivity index (χ3v) is 7.88. The van der Waals surface area contributed by atoms with E-state index in [1.54, 1.807) is 0 Å². The van der Waals surface area contributed by atoms with E-state index < -0.39 is 0 Å². The molecule has 0 heterocycles. The van der Waals surface area contributed by atoms with E-state index in [0.717, 1.165) is 6.42 Å².